The molecule has 0 spiro atoms. The molecule has 1 aliphatic rings. The predicted molar refractivity (Wildman–Crippen MR) is 101 cm³/mol. The lowest BCUT2D eigenvalue weighted by molar-refractivity contribution is 0.144. The summed E-state index contributed by atoms with van der Waals surface area (Å²) in [6, 6.07) is 3.59. The molecule has 0 aliphatic carbocycles. The number of ether oxygens (including phenoxy) is 2. The Labute approximate surface area is 161 Å². The van der Waals surface area contributed by atoms with Crippen molar-refractivity contribution in [2.75, 3.05) is 46.5 Å². The molecule has 0 saturated carbocycles. The second kappa shape index (κ2) is 11.0. The van der Waals surface area contributed by atoms with E-state index in [0.717, 1.165) is 32.0 Å². The van der Waals surface area contributed by atoms with Gasteiger partial charge in [-0.1, -0.05) is 6.92 Å². The monoisotopic (exact) mass is 410 g/mol. The minimum absolute atomic E-state index is 0. The quantitative estimate of drug-likeness (QED) is 0.632. The van der Waals surface area contributed by atoms with Crippen LogP contribution in [0.2, 0.25) is 0 Å². The van der Waals surface area contributed by atoms with E-state index in [9.17, 15) is 12.8 Å². The van der Waals surface area contributed by atoms with Crippen molar-refractivity contribution >= 4 is 22.4 Å². The summed E-state index contributed by atoms with van der Waals surface area (Å²) in [4.78, 5) is -0.117. The second-order valence-electron chi connectivity index (χ2n) is 6.09. The Kier molecular flexibility index (Phi) is 9.81. The summed E-state index contributed by atoms with van der Waals surface area (Å²) in [5.74, 6) is 0.0317. The van der Waals surface area contributed by atoms with Gasteiger partial charge in [-0.2, -0.15) is 4.31 Å². The first kappa shape index (κ1) is 23.1. The van der Waals surface area contributed by atoms with Crippen molar-refractivity contribution in [3.8, 4) is 5.75 Å². The maximum absolute atomic E-state index is 13.7. The van der Waals surface area contributed by atoms with Gasteiger partial charge in [0, 0.05) is 20.2 Å². The molecule has 0 atom stereocenters. The van der Waals surface area contributed by atoms with Gasteiger partial charge in [-0.05, 0) is 50.0 Å². The summed E-state index contributed by atoms with van der Waals surface area (Å²) in [6.07, 6.45) is 1.59. The maximum atomic E-state index is 13.7. The van der Waals surface area contributed by atoms with Crippen LogP contribution >= 0.6 is 12.4 Å². The first-order valence-electron chi connectivity index (χ1n) is 8.61. The Morgan fingerprint density at radius 3 is 2.58 bits per heavy atom. The zero-order chi connectivity index (χ0) is 18.3. The third kappa shape index (κ3) is 6.06. The van der Waals surface area contributed by atoms with Gasteiger partial charge in [0.15, 0.2) is 0 Å². The molecule has 26 heavy (non-hydrogen) atoms. The van der Waals surface area contributed by atoms with E-state index in [2.05, 4.69) is 12.2 Å². The van der Waals surface area contributed by atoms with Crippen molar-refractivity contribution in [3.05, 3.63) is 24.0 Å². The first-order chi connectivity index (χ1) is 12.0. The normalized spacial score (nSPS) is 16.3. The van der Waals surface area contributed by atoms with Crippen LogP contribution in [0.1, 0.15) is 19.8 Å². The number of nitrogens with one attached hydrogen (secondary N) is 1. The van der Waals surface area contributed by atoms with Crippen LogP contribution in [0.25, 0.3) is 0 Å². The average Bonchev–Trinajstić information content (AvgIpc) is 2.61. The Balaban J connectivity index is 0.00000338. The zero-order valence-electron chi connectivity index (χ0n) is 15.2. The number of sulfonamides is 1. The Hall–Kier alpha value is -0.930. The first-order valence-corrected chi connectivity index (χ1v) is 10.0. The van der Waals surface area contributed by atoms with E-state index in [1.54, 1.807) is 0 Å². The highest BCUT2D eigenvalue weighted by Crippen LogP contribution is 2.30. The topological polar surface area (TPSA) is 67.9 Å². The molecule has 0 aromatic heterocycles. The van der Waals surface area contributed by atoms with Crippen molar-refractivity contribution < 1.29 is 22.3 Å². The second-order valence-corrected chi connectivity index (χ2v) is 7.99. The van der Waals surface area contributed by atoms with Crippen molar-refractivity contribution in [3.63, 3.8) is 0 Å². The fourth-order valence-corrected chi connectivity index (χ4v) is 4.49. The number of hydrogen-bond acceptors (Lipinski definition) is 5. The highest BCUT2D eigenvalue weighted by atomic mass is 35.5. The van der Waals surface area contributed by atoms with Crippen molar-refractivity contribution in [1.82, 2.24) is 9.62 Å². The summed E-state index contributed by atoms with van der Waals surface area (Å²) < 4.78 is 51.4. The molecule has 1 fully saturated rings. The molecule has 0 unspecified atom stereocenters. The maximum Gasteiger partial charge on any atom is 0.246 e. The van der Waals surface area contributed by atoms with Gasteiger partial charge in [0.05, 0.1) is 6.61 Å². The number of methoxy groups -OCH3 is 1. The van der Waals surface area contributed by atoms with Gasteiger partial charge < -0.3 is 14.8 Å². The summed E-state index contributed by atoms with van der Waals surface area (Å²) >= 11 is 0. The van der Waals surface area contributed by atoms with Crippen LogP contribution in [0.4, 0.5) is 4.39 Å². The van der Waals surface area contributed by atoms with Crippen molar-refractivity contribution in [1.29, 1.82) is 0 Å². The number of hydrogen-bond donors (Lipinski definition) is 1. The van der Waals surface area contributed by atoms with Crippen LogP contribution in [-0.2, 0) is 14.8 Å². The summed E-state index contributed by atoms with van der Waals surface area (Å²) in [5.41, 5.74) is 0. The molecule has 1 aromatic carbocycles. The zero-order valence-corrected chi connectivity index (χ0v) is 16.9. The van der Waals surface area contributed by atoms with E-state index in [-0.39, 0.29) is 29.7 Å². The average molecular weight is 411 g/mol. The fourth-order valence-electron chi connectivity index (χ4n) is 2.88. The third-order valence-corrected chi connectivity index (χ3v) is 6.24. The molecule has 1 saturated heterocycles. The van der Waals surface area contributed by atoms with E-state index in [4.69, 9.17) is 9.47 Å². The molecule has 1 N–H and O–H groups in total. The SMILES string of the molecule is CCNCC1CCN(S(=O)(=O)c2cc(F)ccc2OCCOC)CC1.Cl. The van der Waals surface area contributed by atoms with Gasteiger partial charge in [0.2, 0.25) is 10.0 Å². The molecular weight excluding hydrogens is 383 g/mol. The molecule has 1 aliphatic heterocycles. The van der Waals surface area contributed by atoms with Crippen LogP contribution in [0, 0.1) is 11.7 Å². The molecule has 0 amide bonds. The molecule has 150 valence electrons. The standard InChI is InChI=1S/C17H27FN2O4S.ClH/c1-3-19-13-14-6-8-20(9-7-14)25(21,22)17-12-15(18)4-5-16(17)24-11-10-23-2;/h4-5,12,14,19H,3,6-11,13H2,1-2H3;1H. The Morgan fingerprint density at radius 1 is 1.27 bits per heavy atom. The van der Waals surface area contributed by atoms with E-state index < -0.39 is 15.8 Å². The predicted octanol–water partition coefficient (Wildman–Crippen LogP) is 2.28. The third-order valence-electron chi connectivity index (χ3n) is 4.33. The van der Waals surface area contributed by atoms with Crippen LogP contribution in [0.3, 0.4) is 0 Å². The van der Waals surface area contributed by atoms with Crippen molar-refractivity contribution in [2.45, 2.75) is 24.7 Å². The lowest BCUT2D eigenvalue weighted by Crippen LogP contribution is -2.40. The van der Waals surface area contributed by atoms with E-state index in [1.165, 1.54) is 23.5 Å². The van der Waals surface area contributed by atoms with Gasteiger partial charge in [-0.25, -0.2) is 12.8 Å². The Bertz CT molecular complexity index is 652. The molecule has 0 radical (unpaired) electrons. The number of benzene rings is 1. The van der Waals surface area contributed by atoms with Gasteiger partial charge in [0.1, 0.15) is 23.1 Å². The minimum atomic E-state index is -3.79. The molecular formula is C17H28ClFN2O4S. The molecule has 2 rings (SSSR count). The van der Waals surface area contributed by atoms with Gasteiger partial charge in [-0.3, -0.25) is 0 Å². The molecule has 0 bridgehead atoms. The largest absolute Gasteiger partial charge is 0.490 e. The Morgan fingerprint density at radius 2 is 1.96 bits per heavy atom. The van der Waals surface area contributed by atoms with Crippen LogP contribution in [0.15, 0.2) is 23.1 Å². The number of nitrogens with zero attached hydrogens (tertiary/aromatic N) is 1. The molecule has 6 nitrogen and oxygen atoms in total. The highest BCUT2D eigenvalue weighted by Gasteiger charge is 2.31. The summed E-state index contributed by atoms with van der Waals surface area (Å²) in [7, 11) is -2.26. The smallest absolute Gasteiger partial charge is 0.246 e. The van der Waals surface area contributed by atoms with Crippen molar-refractivity contribution in [2.24, 2.45) is 5.92 Å². The van der Waals surface area contributed by atoms with Crippen LogP contribution < -0.4 is 10.1 Å². The van der Waals surface area contributed by atoms with E-state index >= 15 is 0 Å². The highest BCUT2D eigenvalue weighted by molar-refractivity contribution is 7.89. The summed E-state index contributed by atoms with van der Waals surface area (Å²) in [6.45, 7) is 5.26. The number of piperidine rings is 1. The molecule has 1 heterocycles. The van der Waals surface area contributed by atoms with Gasteiger partial charge >= 0.3 is 0 Å². The molecule has 9 heteroatoms. The fraction of sp³-hybridized carbons (Fsp3) is 0.647. The minimum Gasteiger partial charge on any atom is -0.490 e. The van der Waals surface area contributed by atoms with E-state index in [0.29, 0.717) is 25.6 Å². The number of halogens is 2. The summed E-state index contributed by atoms with van der Waals surface area (Å²) in [5, 5.41) is 3.30. The molecule has 1 aromatic rings. The number of rotatable bonds is 9. The van der Waals surface area contributed by atoms with E-state index in [1.807, 2.05) is 0 Å². The van der Waals surface area contributed by atoms with Gasteiger partial charge in [-0.15, -0.1) is 12.4 Å². The van der Waals surface area contributed by atoms with Crippen LogP contribution in [0.5, 0.6) is 5.75 Å². The lowest BCUT2D eigenvalue weighted by Gasteiger charge is -2.31. The van der Waals surface area contributed by atoms with Crippen LogP contribution in [-0.4, -0.2) is 59.2 Å². The lowest BCUT2D eigenvalue weighted by atomic mass is 9.98. The van der Waals surface area contributed by atoms with Gasteiger partial charge in [0.25, 0.3) is 0 Å².